The first-order chi connectivity index (χ1) is 19.4. The molecule has 1 N–H and O–H groups in total. The highest BCUT2D eigenvalue weighted by Crippen LogP contribution is 2.36. The Morgan fingerprint density at radius 3 is 2.65 bits per heavy atom. The van der Waals surface area contributed by atoms with E-state index in [2.05, 4.69) is 11.4 Å². The molecule has 1 aromatic heterocycles. The zero-order chi connectivity index (χ0) is 28.2. The number of aromatic nitrogens is 1. The lowest BCUT2D eigenvalue weighted by Gasteiger charge is -2.20. The summed E-state index contributed by atoms with van der Waals surface area (Å²) in [5.41, 5.74) is 2.75. The van der Waals surface area contributed by atoms with Gasteiger partial charge < -0.3 is 14.8 Å². The summed E-state index contributed by atoms with van der Waals surface area (Å²) < 4.78 is 13.0. The van der Waals surface area contributed by atoms with Crippen LogP contribution in [0.2, 0.25) is 0 Å². The van der Waals surface area contributed by atoms with E-state index in [-0.39, 0.29) is 23.8 Å². The van der Waals surface area contributed by atoms with Crippen LogP contribution in [0.15, 0.2) is 58.2 Å². The molecule has 2 aliphatic rings. The van der Waals surface area contributed by atoms with E-state index in [1.165, 1.54) is 11.8 Å². The van der Waals surface area contributed by atoms with Gasteiger partial charge in [-0.3, -0.25) is 19.1 Å². The maximum atomic E-state index is 13.5. The summed E-state index contributed by atoms with van der Waals surface area (Å²) in [6.45, 7) is 5.17. The van der Waals surface area contributed by atoms with E-state index in [1.807, 2.05) is 55.5 Å². The molecule has 0 spiro atoms. The number of thiocarbonyl (C=S) groups is 1. The number of carbonyl (C=O) groups excluding carboxylic acids is 1. The van der Waals surface area contributed by atoms with Crippen molar-refractivity contribution < 1.29 is 14.3 Å². The van der Waals surface area contributed by atoms with Crippen LogP contribution >= 0.6 is 24.0 Å². The Labute approximate surface area is 242 Å². The van der Waals surface area contributed by atoms with E-state index in [0.29, 0.717) is 57.3 Å². The van der Waals surface area contributed by atoms with Crippen LogP contribution in [0, 0.1) is 18.3 Å². The third-order valence-electron chi connectivity index (χ3n) is 6.84. The summed E-state index contributed by atoms with van der Waals surface area (Å²) in [6, 6.07) is 17.4. The molecule has 3 heterocycles. The first-order valence-electron chi connectivity index (χ1n) is 13.0. The monoisotopic (exact) mass is 572 g/mol. The van der Waals surface area contributed by atoms with Crippen LogP contribution < -0.4 is 20.3 Å². The average Bonchev–Trinajstić information content (AvgIpc) is 3.53. The number of benzene rings is 2. The molecule has 0 unspecified atom stereocenters. The number of hydrogen-bond donors (Lipinski definition) is 1. The predicted octanol–water partition coefficient (Wildman–Crippen LogP) is 5.57. The highest BCUT2D eigenvalue weighted by atomic mass is 32.2. The molecule has 204 valence electrons. The van der Waals surface area contributed by atoms with Gasteiger partial charge in [0.15, 0.2) is 11.5 Å². The molecule has 0 bridgehead atoms. The van der Waals surface area contributed by atoms with Crippen LogP contribution in [-0.2, 0) is 24.4 Å². The fraction of sp³-hybridized carbons (Fsp3) is 0.267. The van der Waals surface area contributed by atoms with Gasteiger partial charge in [-0.2, -0.15) is 5.26 Å². The molecule has 2 aliphatic heterocycles. The van der Waals surface area contributed by atoms with Crippen LogP contribution in [0.1, 0.15) is 47.6 Å². The lowest BCUT2D eigenvalue weighted by Crippen LogP contribution is -2.28. The average molecular weight is 573 g/mol. The topological polar surface area (TPSA) is 96.6 Å². The lowest BCUT2D eigenvalue weighted by atomic mass is 10.0. The Balaban J connectivity index is 1.55. The Bertz CT molecular complexity index is 1610. The smallest absolute Gasteiger partial charge is 0.270 e. The first kappa shape index (κ1) is 27.5. The summed E-state index contributed by atoms with van der Waals surface area (Å²) in [6.07, 6.45) is 3.38. The van der Waals surface area contributed by atoms with Crippen molar-refractivity contribution in [3.8, 4) is 17.6 Å². The third kappa shape index (κ3) is 5.48. The fourth-order valence-electron chi connectivity index (χ4n) is 4.65. The van der Waals surface area contributed by atoms with Gasteiger partial charge in [0.25, 0.3) is 11.5 Å². The molecule has 5 rings (SSSR count). The van der Waals surface area contributed by atoms with Crippen LogP contribution in [0.3, 0.4) is 0 Å². The Hall–Kier alpha value is -4.07. The van der Waals surface area contributed by atoms with E-state index in [9.17, 15) is 14.9 Å². The maximum absolute atomic E-state index is 13.5. The summed E-state index contributed by atoms with van der Waals surface area (Å²) in [5.74, 6) is 1.71. The standard InChI is InChI=1S/C30H28N4O4S2/c1-3-4-12-33-27(32-16-21-10-11-24-25(13-21)38-18-37-24)22(19(2)23(15-31)28(33)35)14-26-29(36)34(30(39)40-26)17-20-8-6-5-7-9-20/h5-11,13-14,32H,3-4,12,16-18H2,1-2H3/b26-14+. The van der Waals surface area contributed by atoms with Crippen molar-refractivity contribution in [2.24, 2.45) is 0 Å². The van der Waals surface area contributed by atoms with E-state index >= 15 is 0 Å². The second-order valence-corrected chi connectivity index (χ2v) is 11.2. The molecular formula is C30H28N4O4S2. The molecule has 1 amide bonds. The SMILES string of the molecule is CCCCn1c(NCc2ccc3c(c2)OCO3)c(/C=C2/SC(=S)N(Cc3ccccc3)C2=O)c(C)c(C#N)c1=O. The second kappa shape index (κ2) is 12.0. The highest BCUT2D eigenvalue weighted by molar-refractivity contribution is 8.26. The normalized spacial score (nSPS) is 15.1. The van der Waals surface area contributed by atoms with Gasteiger partial charge in [-0.1, -0.05) is 73.7 Å². The Kier molecular flexibility index (Phi) is 8.24. The van der Waals surface area contributed by atoms with E-state index in [4.69, 9.17) is 21.7 Å². The molecule has 10 heteroatoms. The van der Waals surface area contributed by atoms with Crippen LogP contribution in [0.25, 0.3) is 6.08 Å². The number of hydrogen-bond acceptors (Lipinski definition) is 8. The van der Waals surface area contributed by atoms with Gasteiger partial charge in [0.2, 0.25) is 6.79 Å². The minimum atomic E-state index is -0.351. The largest absolute Gasteiger partial charge is 0.454 e. The number of nitrogens with zero attached hydrogens (tertiary/aromatic N) is 3. The molecule has 1 fully saturated rings. The highest BCUT2D eigenvalue weighted by Gasteiger charge is 2.33. The number of amides is 1. The van der Waals surface area contributed by atoms with Gasteiger partial charge in [-0.25, -0.2) is 0 Å². The molecular weight excluding hydrogens is 544 g/mol. The number of unbranched alkanes of at least 4 members (excludes halogenated alkanes) is 1. The first-order valence-corrected chi connectivity index (χ1v) is 14.2. The lowest BCUT2D eigenvalue weighted by molar-refractivity contribution is -0.122. The van der Waals surface area contributed by atoms with Crippen molar-refractivity contribution in [3.63, 3.8) is 0 Å². The summed E-state index contributed by atoms with van der Waals surface area (Å²) in [7, 11) is 0. The third-order valence-corrected chi connectivity index (χ3v) is 8.22. The van der Waals surface area contributed by atoms with Crippen molar-refractivity contribution in [1.82, 2.24) is 9.47 Å². The van der Waals surface area contributed by atoms with Gasteiger partial charge in [0.05, 0.1) is 11.4 Å². The molecule has 8 nitrogen and oxygen atoms in total. The number of pyridine rings is 1. The number of fused-ring (bicyclic) bond motifs is 1. The van der Waals surface area contributed by atoms with Crippen molar-refractivity contribution in [1.29, 1.82) is 5.26 Å². The fourth-order valence-corrected chi connectivity index (χ4v) is 5.89. The summed E-state index contributed by atoms with van der Waals surface area (Å²) in [5, 5.41) is 13.3. The van der Waals surface area contributed by atoms with Gasteiger partial charge in [-0.15, -0.1) is 0 Å². The molecule has 0 saturated carbocycles. The molecule has 3 aromatic rings. The number of thioether (sulfide) groups is 1. The zero-order valence-corrected chi connectivity index (χ0v) is 23.9. The van der Waals surface area contributed by atoms with E-state index in [1.54, 1.807) is 22.5 Å². The number of carbonyl (C=O) groups is 1. The number of nitriles is 1. The van der Waals surface area contributed by atoms with Crippen LogP contribution in [-0.4, -0.2) is 26.5 Å². The van der Waals surface area contributed by atoms with Gasteiger partial charge in [0, 0.05) is 18.7 Å². The number of ether oxygens (including phenoxy) is 2. The summed E-state index contributed by atoms with van der Waals surface area (Å²) >= 11 is 6.79. The van der Waals surface area contributed by atoms with Crippen LogP contribution in [0.4, 0.5) is 5.82 Å². The molecule has 2 aromatic carbocycles. The second-order valence-electron chi connectivity index (χ2n) is 9.48. The van der Waals surface area contributed by atoms with Crippen molar-refractivity contribution >= 4 is 46.1 Å². The number of nitrogens with one attached hydrogen (secondary N) is 1. The van der Waals surface area contributed by atoms with Crippen LogP contribution in [0.5, 0.6) is 11.5 Å². The minimum Gasteiger partial charge on any atom is -0.454 e. The van der Waals surface area contributed by atoms with E-state index in [0.717, 1.165) is 24.0 Å². The molecule has 1 saturated heterocycles. The van der Waals surface area contributed by atoms with Gasteiger partial charge >= 0.3 is 0 Å². The number of anilines is 1. The Morgan fingerprint density at radius 2 is 1.90 bits per heavy atom. The summed E-state index contributed by atoms with van der Waals surface area (Å²) in [4.78, 5) is 28.9. The number of rotatable bonds is 9. The molecule has 0 radical (unpaired) electrons. The zero-order valence-electron chi connectivity index (χ0n) is 22.2. The van der Waals surface area contributed by atoms with Gasteiger partial charge in [0.1, 0.15) is 21.8 Å². The van der Waals surface area contributed by atoms with E-state index < -0.39 is 0 Å². The Morgan fingerprint density at radius 1 is 1.12 bits per heavy atom. The predicted molar refractivity (Wildman–Crippen MR) is 160 cm³/mol. The maximum Gasteiger partial charge on any atom is 0.270 e. The minimum absolute atomic E-state index is 0.0655. The van der Waals surface area contributed by atoms with Crippen molar-refractivity contribution in [2.75, 3.05) is 12.1 Å². The molecule has 0 atom stereocenters. The van der Waals surface area contributed by atoms with Crippen molar-refractivity contribution in [3.05, 3.63) is 91.6 Å². The quantitative estimate of drug-likeness (QED) is 0.263. The molecule has 40 heavy (non-hydrogen) atoms. The van der Waals surface area contributed by atoms with Crippen molar-refractivity contribution in [2.45, 2.75) is 46.3 Å². The van der Waals surface area contributed by atoms with Gasteiger partial charge in [-0.05, 0) is 48.2 Å². The molecule has 0 aliphatic carbocycles.